The van der Waals surface area contributed by atoms with E-state index in [1.807, 2.05) is 0 Å². The van der Waals surface area contributed by atoms with E-state index in [-0.39, 0.29) is 17.1 Å². The van der Waals surface area contributed by atoms with Gasteiger partial charge >= 0.3 is 17.9 Å². The number of ether oxygens (including phenoxy) is 4. The van der Waals surface area contributed by atoms with Gasteiger partial charge in [0.25, 0.3) is 0 Å². The molecule has 0 fully saturated rings. The summed E-state index contributed by atoms with van der Waals surface area (Å²) in [6, 6.07) is 10.4. The molecule has 0 saturated carbocycles. The summed E-state index contributed by atoms with van der Waals surface area (Å²) in [6.07, 6.45) is 2.47. The first-order valence-electron chi connectivity index (χ1n) is 9.10. The van der Waals surface area contributed by atoms with E-state index < -0.39 is 17.9 Å². The smallest absolute Gasteiger partial charge is 0.343 e. The van der Waals surface area contributed by atoms with Gasteiger partial charge in [0.2, 0.25) is 0 Å². The molecule has 2 aromatic carbocycles. The molecule has 30 heavy (non-hydrogen) atoms. The maximum absolute atomic E-state index is 12.3. The van der Waals surface area contributed by atoms with E-state index in [9.17, 15) is 14.4 Å². The molecule has 158 valence electrons. The molecule has 8 nitrogen and oxygen atoms in total. The average Bonchev–Trinajstić information content (AvgIpc) is 2.76. The zero-order valence-corrected chi connectivity index (χ0v) is 16.5. The Bertz CT molecular complexity index is 902. The lowest BCUT2D eigenvalue weighted by Gasteiger charge is -2.10. The fraction of sp³-hybridized carbons (Fsp3) is 0.227. The van der Waals surface area contributed by atoms with Gasteiger partial charge in [-0.05, 0) is 55.3 Å². The standard InChI is InChI=1S/C22H22O8/c1-3-20(23)29-13-5-4-12-28-17-9-6-15(7-10-17)22(26)30-18-11-8-16(21(24)25)14-19(18)27-2/h3,6-11,14H,1,4-5,12-13H2,2H3,(H,24,25). The molecule has 8 heteroatoms. The van der Waals surface area contributed by atoms with Crippen LogP contribution in [0.15, 0.2) is 55.1 Å². The Labute approximate surface area is 173 Å². The van der Waals surface area contributed by atoms with E-state index in [1.165, 1.54) is 25.3 Å². The third-order valence-corrected chi connectivity index (χ3v) is 3.92. The molecular weight excluding hydrogens is 392 g/mol. The Morgan fingerprint density at radius 3 is 2.27 bits per heavy atom. The lowest BCUT2D eigenvalue weighted by atomic mass is 10.2. The van der Waals surface area contributed by atoms with Crippen LogP contribution >= 0.6 is 0 Å². The summed E-state index contributed by atoms with van der Waals surface area (Å²) in [6.45, 7) is 4.05. The monoisotopic (exact) mass is 414 g/mol. The van der Waals surface area contributed by atoms with E-state index in [0.717, 1.165) is 6.08 Å². The normalized spacial score (nSPS) is 10.0. The van der Waals surface area contributed by atoms with Crippen LogP contribution in [-0.4, -0.2) is 43.3 Å². The molecule has 0 aliphatic heterocycles. The van der Waals surface area contributed by atoms with E-state index in [0.29, 0.717) is 37.4 Å². The summed E-state index contributed by atoms with van der Waals surface area (Å²) in [5.74, 6) is -1.34. The van der Waals surface area contributed by atoms with E-state index >= 15 is 0 Å². The highest BCUT2D eigenvalue weighted by Crippen LogP contribution is 2.29. The molecule has 0 radical (unpaired) electrons. The van der Waals surface area contributed by atoms with Crippen LogP contribution in [0.4, 0.5) is 0 Å². The first kappa shape index (κ1) is 22.5. The zero-order chi connectivity index (χ0) is 21.9. The Kier molecular flexibility index (Phi) is 8.43. The highest BCUT2D eigenvalue weighted by atomic mass is 16.6. The van der Waals surface area contributed by atoms with Crippen molar-refractivity contribution in [2.75, 3.05) is 20.3 Å². The molecule has 0 amide bonds. The first-order chi connectivity index (χ1) is 14.4. The van der Waals surface area contributed by atoms with E-state index in [1.54, 1.807) is 24.3 Å². The summed E-state index contributed by atoms with van der Waals surface area (Å²) >= 11 is 0. The van der Waals surface area contributed by atoms with Gasteiger partial charge in [0.1, 0.15) is 5.75 Å². The number of hydrogen-bond donors (Lipinski definition) is 1. The maximum Gasteiger partial charge on any atom is 0.343 e. The van der Waals surface area contributed by atoms with Crippen molar-refractivity contribution in [3.8, 4) is 17.2 Å². The summed E-state index contributed by atoms with van der Waals surface area (Å²) in [7, 11) is 1.36. The van der Waals surface area contributed by atoms with Crippen molar-refractivity contribution in [3.63, 3.8) is 0 Å². The highest BCUT2D eigenvalue weighted by Gasteiger charge is 2.15. The number of hydrogen-bond acceptors (Lipinski definition) is 7. The number of carboxylic acids is 1. The van der Waals surface area contributed by atoms with Crippen molar-refractivity contribution < 1.29 is 38.4 Å². The number of unbranched alkanes of at least 4 members (excludes halogenated alkanes) is 1. The maximum atomic E-state index is 12.3. The van der Waals surface area contributed by atoms with Gasteiger partial charge in [0, 0.05) is 6.08 Å². The van der Waals surface area contributed by atoms with Crippen LogP contribution in [0.3, 0.4) is 0 Å². The largest absolute Gasteiger partial charge is 0.494 e. The lowest BCUT2D eigenvalue weighted by Crippen LogP contribution is -2.10. The number of carbonyl (C=O) groups is 3. The second-order valence-corrected chi connectivity index (χ2v) is 6.01. The predicted octanol–water partition coefficient (Wildman–Crippen LogP) is 3.50. The second-order valence-electron chi connectivity index (χ2n) is 6.01. The molecule has 0 atom stereocenters. The molecular formula is C22H22O8. The van der Waals surface area contributed by atoms with Gasteiger partial charge in [-0.25, -0.2) is 14.4 Å². The minimum Gasteiger partial charge on any atom is -0.494 e. The molecule has 0 aromatic heterocycles. The van der Waals surface area contributed by atoms with Crippen molar-refractivity contribution >= 4 is 17.9 Å². The SMILES string of the molecule is C=CC(=O)OCCCCOc1ccc(C(=O)Oc2ccc(C(=O)O)cc2OC)cc1. The van der Waals surface area contributed by atoms with Gasteiger partial charge in [-0.2, -0.15) is 0 Å². The number of carboxylic acid groups (broad SMARTS) is 1. The second kappa shape index (κ2) is 11.3. The number of rotatable bonds is 11. The fourth-order valence-corrected chi connectivity index (χ4v) is 2.36. The lowest BCUT2D eigenvalue weighted by molar-refractivity contribution is -0.137. The topological polar surface area (TPSA) is 108 Å². The van der Waals surface area contributed by atoms with E-state index in [2.05, 4.69) is 6.58 Å². The first-order valence-corrected chi connectivity index (χ1v) is 9.10. The Morgan fingerprint density at radius 2 is 1.63 bits per heavy atom. The number of methoxy groups -OCH3 is 1. The van der Waals surface area contributed by atoms with Crippen LogP contribution in [0.25, 0.3) is 0 Å². The van der Waals surface area contributed by atoms with Gasteiger partial charge in [0.15, 0.2) is 11.5 Å². The molecule has 0 bridgehead atoms. The van der Waals surface area contributed by atoms with Gasteiger partial charge in [-0.1, -0.05) is 6.58 Å². The molecule has 0 aliphatic carbocycles. The molecule has 2 aromatic rings. The number of aromatic carboxylic acids is 1. The highest BCUT2D eigenvalue weighted by molar-refractivity contribution is 5.92. The predicted molar refractivity (Wildman–Crippen MR) is 107 cm³/mol. The zero-order valence-electron chi connectivity index (χ0n) is 16.5. The fourth-order valence-electron chi connectivity index (χ4n) is 2.36. The average molecular weight is 414 g/mol. The van der Waals surface area contributed by atoms with Gasteiger partial charge < -0.3 is 24.1 Å². The van der Waals surface area contributed by atoms with Crippen molar-refractivity contribution in [2.45, 2.75) is 12.8 Å². The molecule has 2 rings (SSSR count). The molecule has 0 spiro atoms. The van der Waals surface area contributed by atoms with Crippen LogP contribution in [-0.2, 0) is 9.53 Å². The molecule has 1 N–H and O–H groups in total. The molecule has 0 unspecified atom stereocenters. The van der Waals surface area contributed by atoms with Gasteiger partial charge in [0.05, 0.1) is 31.5 Å². The summed E-state index contributed by atoms with van der Waals surface area (Å²) in [5, 5.41) is 9.02. The Hall–Kier alpha value is -3.81. The van der Waals surface area contributed by atoms with E-state index in [4.69, 9.17) is 24.1 Å². The summed E-state index contributed by atoms with van der Waals surface area (Å²) in [4.78, 5) is 34.3. The summed E-state index contributed by atoms with van der Waals surface area (Å²) < 4.78 is 20.8. The van der Waals surface area contributed by atoms with Crippen LogP contribution in [0.2, 0.25) is 0 Å². The molecule has 0 aliphatic rings. The Morgan fingerprint density at radius 1 is 0.967 bits per heavy atom. The molecule has 0 saturated heterocycles. The van der Waals surface area contributed by atoms with Gasteiger partial charge in [-0.15, -0.1) is 0 Å². The minimum absolute atomic E-state index is 0.0204. The number of benzene rings is 2. The minimum atomic E-state index is -1.11. The van der Waals surface area contributed by atoms with Crippen LogP contribution in [0.1, 0.15) is 33.6 Å². The Balaban J connectivity index is 1.86. The number of carbonyl (C=O) groups excluding carboxylic acids is 2. The van der Waals surface area contributed by atoms with Crippen LogP contribution in [0.5, 0.6) is 17.2 Å². The molecule has 0 heterocycles. The number of esters is 2. The third kappa shape index (κ3) is 6.66. The van der Waals surface area contributed by atoms with Crippen molar-refractivity contribution in [1.82, 2.24) is 0 Å². The van der Waals surface area contributed by atoms with Crippen molar-refractivity contribution in [1.29, 1.82) is 0 Å². The van der Waals surface area contributed by atoms with Crippen LogP contribution < -0.4 is 14.2 Å². The van der Waals surface area contributed by atoms with Crippen molar-refractivity contribution in [3.05, 3.63) is 66.2 Å². The summed E-state index contributed by atoms with van der Waals surface area (Å²) in [5.41, 5.74) is 0.315. The van der Waals surface area contributed by atoms with Crippen LogP contribution in [0, 0.1) is 0 Å². The van der Waals surface area contributed by atoms with Crippen molar-refractivity contribution in [2.24, 2.45) is 0 Å². The third-order valence-electron chi connectivity index (χ3n) is 3.92. The van der Waals surface area contributed by atoms with Gasteiger partial charge in [-0.3, -0.25) is 0 Å². The quantitative estimate of drug-likeness (QED) is 0.258.